The highest BCUT2D eigenvalue weighted by Gasteiger charge is 2.33. The van der Waals surface area contributed by atoms with Crippen LogP contribution in [0.2, 0.25) is 0 Å². The third-order valence-electron chi connectivity index (χ3n) is 1.97. The van der Waals surface area contributed by atoms with Crippen molar-refractivity contribution in [3.05, 3.63) is 35.1 Å². The fraction of sp³-hybridized carbons (Fsp3) is 0.300. The lowest BCUT2D eigenvalue weighted by Crippen LogP contribution is -2.25. The largest absolute Gasteiger partial charge is 0.416 e. The molecule has 0 bridgehead atoms. The summed E-state index contributed by atoms with van der Waals surface area (Å²) in [5, 5.41) is 2.19. The van der Waals surface area contributed by atoms with Gasteiger partial charge < -0.3 is 5.32 Å². The Bertz CT molecular complexity index is 419. The molecule has 0 fully saturated rings. The first kappa shape index (κ1) is 13.8. The zero-order valence-electron chi connectivity index (χ0n) is 8.44. The van der Waals surface area contributed by atoms with Crippen molar-refractivity contribution in [2.75, 3.05) is 5.88 Å². The first-order valence-electron chi connectivity index (χ1n) is 4.53. The summed E-state index contributed by atoms with van der Waals surface area (Å²) in [4.78, 5) is 10.8. The van der Waals surface area contributed by atoms with Gasteiger partial charge in [0.1, 0.15) is 11.7 Å². The standard InChI is InChI=1S/C10H8ClF4NO/c11-4-9(17)16-5-6-1-2-7(12)3-8(6)10(13,14)15/h1-3H,4-5H2,(H,16,17). The fourth-order valence-electron chi connectivity index (χ4n) is 1.21. The number of halogens is 5. The Morgan fingerprint density at radius 1 is 1.35 bits per heavy atom. The van der Waals surface area contributed by atoms with E-state index in [0.717, 1.165) is 12.1 Å². The molecule has 7 heteroatoms. The molecule has 0 radical (unpaired) electrons. The number of hydrogen-bond acceptors (Lipinski definition) is 1. The van der Waals surface area contributed by atoms with E-state index >= 15 is 0 Å². The maximum Gasteiger partial charge on any atom is 0.416 e. The van der Waals surface area contributed by atoms with Crippen LogP contribution in [0.4, 0.5) is 17.6 Å². The quantitative estimate of drug-likeness (QED) is 0.663. The summed E-state index contributed by atoms with van der Waals surface area (Å²) in [6.45, 7) is -0.347. The van der Waals surface area contributed by atoms with Crippen LogP contribution in [-0.4, -0.2) is 11.8 Å². The lowest BCUT2D eigenvalue weighted by Gasteiger charge is -2.13. The minimum absolute atomic E-state index is 0.211. The van der Waals surface area contributed by atoms with E-state index in [9.17, 15) is 22.4 Å². The summed E-state index contributed by atoms with van der Waals surface area (Å²) in [6, 6.07) is 2.27. The number of alkyl halides is 4. The molecule has 0 heterocycles. The molecule has 2 nitrogen and oxygen atoms in total. The van der Waals surface area contributed by atoms with Crippen LogP contribution in [0, 0.1) is 5.82 Å². The van der Waals surface area contributed by atoms with Crippen molar-refractivity contribution in [3.63, 3.8) is 0 Å². The minimum atomic E-state index is -4.66. The van der Waals surface area contributed by atoms with Crippen LogP contribution in [0.5, 0.6) is 0 Å². The number of amides is 1. The highest BCUT2D eigenvalue weighted by atomic mass is 35.5. The second-order valence-corrected chi connectivity index (χ2v) is 3.48. The average Bonchev–Trinajstić information content (AvgIpc) is 2.25. The number of nitrogens with one attached hydrogen (secondary N) is 1. The molecule has 0 saturated carbocycles. The second-order valence-electron chi connectivity index (χ2n) is 3.21. The summed E-state index contributed by atoms with van der Waals surface area (Å²) < 4.78 is 50.3. The molecule has 94 valence electrons. The van der Waals surface area contributed by atoms with Crippen LogP contribution in [0.25, 0.3) is 0 Å². The van der Waals surface area contributed by atoms with Crippen molar-refractivity contribution in [1.29, 1.82) is 0 Å². The Kier molecular flexibility index (Phi) is 4.34. The molecule has 1 rings (SSSR count). The van der Waals surface area contributed by atoms with Crippen LogP contribution in [0.1, 0.15) is 11.1 Å². The van der Waals surface area contributed by atoms with Gasteiger partial charge in [0.2, 0.25) is 5.91 Å². The van der Waals surface area contributed by atoms with E-state index in [4.69, 9.17) is 11.6 Å². The summed E-state index contributed by atoms with van der Waals surface area (Å²) in [6.07, 6.45) is -4.66. The van der Waals surface area contributed by atoms with Gasteiger partial charge in [-0.3, -0.25) is 4.79 Å². The Morgan fingerprint density at radius 3 is 2.53 bits per heavy atom. The van der Waals surface area contributed by atoms with Crippen LogP contribution < -0.4 is 5.32 Å². The number of carbonyl (C=O) groups excluding carboxylic acids is 1. The molecule has 0 aliphatic rings. The van der Waals surface area contributed by atoms with Gasteiger partial charge in [-0.15, -0.1) is 11.6 Å². The van der Waals surface area contributed by atoms with Crippen LogP contribution >= 0.6 is 11.6 Å². The van der Waals surface area contributed by atoms with Gasteiger partial charge in [0.15, 0.2) is 0 Å². The molecule has 1 aromatic rings. The zero-order chi connectivity index (χ0) is 13.1. The first-order chi connectivity index (χ1) is 7.84. The van der Waals surface area contributed by atoms with Gasteiger partial charge in [-0.05, 0) is 17.7 Å². The Labute approximate surface area is 99.6 Å². The van der Waals surface area contributed by atoms with Gasteiger partial charge >= 0.3 is 6.18 Å². The van der Waals surface area contributed by atoms with Crippen molar-refractivity contribution in [2.24, 2.45) is 0 Å². The average molecular weight is 270 g/mol. The topological polar surface area (TPSA) is 29.1 Å². The summed E-state index contributed by atoms with van der Waals surface area (Å²) in [5.74, 6) is -1.92. The highest BCUT2D eigenvalue weighted by Crippen LogP contribution is 2.32. The van der Waals surface area contributed by atoms with Crippen molar-refractivity contribution in [2.45, 2.75) is 12.7 Å². The van der Waals surface area contributed by atoms with E-state index in [1.54, 1.807) is 0 Å². The SMILES string of the molecule is O=C(CCl)NCc1ccc(F)cc1C(F)(F)F. The third kappa shape index (κ3) is 3.89. The second kappa shape index (κ2) is 5.35. The van der Waals surface area contributed by atoms with Gasteiger partial charge in [-0.1, -0.05) is 6.07 Å². The lowest BCUT2D eigenvalue weighted by atomic mass is 10.1. The summed E-state index contributed by atoms with van der Waals surface area (Å²) in [7, 11) is 0. The van der Waals surface area contributed by atoms with E-state index in [1.165, 1.54) is 0 Å². The van der Waals surface area contributed by atoms with E-state index in [1.807, 2.05) is 0 Å². The molecule has 1 amide bonds. The van der Waals surface area contributed by atoms with E-state index in [2.05, 4.69) is 5.32 Å². The molecule has 1 N–H and O–H groups in total. The number of carbonyl (C=O) groups is 1. The predicted octanol–water partition coefficient (Wildman–Crippen LogP) is 2.70. The molecular weight excluding hydrogens is 262 g/mol. The Balaban J connectivity index is 2.95. The molecule has 0 aromatic heterocycles. The van der Waals surface area contributed by atoms with Crippen molar-refractivity contribution in [1.82, 2.24) is 5.32 Å². The van der Waals surface area contributed by atoms with E-state index < -0.39 is 23.5 Å². The molecule has 0 unspecified atom stereocenters. The molecule has 0 aliphatic heterocycles. The van der Waals surface area contributed by atoms with Crippen molar-refractivity contribution >= 4 is 17.5 Å². The zero-order valence-corrected chi connectivity index (χ0v) is 9.20. The molecule has 17 heavy (non-hydrogen) atoms. The molecular formula is C10H8ClF4NO. The van der Waals surface area contributed by atoms with Crippen molar-refractivity contribution < 1.29 is 22.4 Å². The summed E-state index contributed by atoms with van der Waals surface area (Å²) >= 11 is 5.18. The number of rotatable bonds is 3. The maximum atomic E-state index is 12.7. The molecule has 0 saturated heterocycles. The number of hydrogen-bond donors (Lipinski definition) is 1. The van der Waals surface area contributed by atoms with E-state index in [0.29, 0.717) is 6.07 Å². The van der Waals surface area contributed by atoms with Crippen LogP contribution in [-0.2, 0) is 17.5 Å². The number of benzene rings is 1. The Hall–Kier alpha value is -1.30. The monoisotopic (exact) mass is 269 g/mol. The van der Waals surface area contributed by atoms with Gasteiger partial charge in [-0.25, -0.2) is 4.39 Å². The van der Waals surface area contributed by atoms with Gasteiger partial charge in [-0.2, -0.15) is 13.2 Å². The molecule has 0 spiro atoms. The molecule has 0 aliphatic carbocycles. The lowest BCUT2D eigenvalue weighted by molar-refractivity contribution is -0.138. The minimum Gasteiger partial charge on any atom is -0.351 e. The third-order valence-corrected chi connectivity index (χ3v) is 2.22. The van der Waals surface area contributed by atoms with Crippen LogP contribution in [0.15, 0.2) is 18.2 Å². The molecule has 1 aromatic carbocycles. The van der Waals surface area contributed by atoms with Gasteiger partial charge in [0.25, 0.3) is 0 Å². The maximum absolute atomic E-state index is 12.7. The van der Waals surface area contributed by atoms with Gasteiger partial charge in [0, 0.05) is 6.54 Å². The predicted molar refractivity (Wildman–Crippen MR) is 54.0 cm³/mol. The Morgan fingerprint density at radius 2 is 2.00 bits per heavy atom. The van der Waals surface area contributed by atoms with Gasteiger partial charge in [0.05, 0.1) is 5.56 Å². The fourth-order valence-corrected chi connectivity index (χ4v) is 1.30. The highest BCUT2D eigenvalue weighted by molar-refractivity contribution is 6.27. The normalized spacial score (nSPS) is 11.4. The van der Waals surface area contributed by atoms with Crippen LogP contribution in [0.3, 0.4) is 0 Å². The summed E-state index contributed by atoms with van der Waals surface area (Å²) in [5.41, 5.74) is -1.32. The molecule has 0 atom stereocenters. The van der Waals surface area contributed by atoms with E-state index in [-0.39, 0.29) is 18.0 Å². The van der Waals surface area contributed by atoms with Crippen molar-refractivity contribution in [3.8, 4) is 0 Å². The smallest absolute Gasteiger partial charge is 0.351 e. The first-order valence-corrected chi connectivity index (χ1v) is 5.06.